The normalized spacial score (nSPS) is 10.7. The molecule has 8 heteroatoms. The molecule has 0 aliphatic rings. The Morgan fingerprint density at radius 2 is 1.80 bits per heavy atom. The molecule has 0 spiro atoms. The molecule has 0 saturated heterocycles. The van der Waals surface area contributed by atoms with Crippen LogP contribution in [0.3, 0.4) is 0 Å². The minimum Gasteiger partial charge on any atom is -0.489 e. The highest BCUT2D eigenvalue weighted by Crippen LogP contribution is 2.19. The van der Waals surface area contributed by atoms with Crippen molar-refractivity contribution in [3.63, 3.8) is 0 Å². The average Bonchev–Trinajstić information content (AvgIpc) is 3.21. The Labute approximate surface area is 173 Å². The van der Waals surface area contributed by atoms with E-state index < -0.39 is 0 Å². The van der Waals surface area contributed by atoms with Crippen molar-refractivity contribution in [3.8, 4) is 5.75 Å². The molecular formula is C22H21N5O3. The summed E-state index contributed by atoms with van der Waals surface area (Å²) in [7, 11) is 1.34. The molecular weight excluding hydrogens is 382 g/mol. The molecule has 0 amide bonds. The highest BCUT2D eigenvalue weighted by molar-refractivity contribution is 5.86. The van der Waals surface area contributed by atoms with Gasteiger partial charge in [-0.1, -0.05) is 42.5 Å². The fourth-order valence-corrected chi connectivity index (χ4v) is 2.96. The van der Waals surface area contributed by atoms with Crippen LogP contribution in [0.5, 0.6) is 5.75 Å². The number of methoxy groups -OCH3 is 1. The predicted molar refractivity (Wildman–Crippen MR) is 112 cm³/mol. The first-order valence-electron chi connectivity index (χ1n) is 9.46. The molecule has 1 N–H and O–H groups in total. The van der Waals surface area contributed by atoms with Crippen molar-refractivity contribution in [2.45, 2.75) is 19.7 Å². The fourth-order valence-electron chi connectivity index (χ4n) is 2.96. The van der Waals surface area contributed by atoms with Gasteiger partial charge in [-0.3, -0.25) is 4.79 Å². The molecule has 0 fully saturated rings. The third-order valence-electron chi connectivity index (χ3n) is 4.57. The van der Waals surface area contributed by atoms with Gasteiger partial charge in [0.1, 0.15) is 31.0 Å². The lowest BCUT2D eigenvalue weighted by Gasteiger charge is -2.09. The number of nitrogens with one attached hydrogen (secondary N) is 1. The zero-order valence-electron chi connectivity index (χ0n) is 16.5. The molecule has 4 rings (SSSR count). The van der Waals surface area contributed by atoms with Crippen molar-refractivity contribution >= 4 is 22.8 Å². The van der Waals surface area contributed by atoms with Crippen molar-refractivity contribution in [2.24, 2.45) is 0 Å². The number of hydrogen-bond donors (Lipinski definition) is 1. The molecule has 152 valence electrons. The van der Waals surface area contributed by atoms with Crippen molar-refractivity contribution in [1.29, 1.82) is 0 Å². The highest BCUT2D eigenvalue weighted by atomic mass is 16.5. The number of carbonyl (C=O) groups is 1. The van der Waals surface area contributed by atoms with E-state index in [1.165, 1.54) is 18.1 Å². The van der Waals surface area contributed by atoms with Gasteiger partial charge in [-0.25, -0.2) is 14.6 Å². The van der Waals surface area contributed by atoms with Gasteiger partial charge in [0.25, 0.3) is 0 Å². The number of anilines is 1. The van der Waals surface area contributed by atoms with Gasteiger partial charge in [0, 0.05) is 6.54 Å². The second-order valence-corrected chi connectivity index (χ2v) is 6.61. The summed E-state index contributed by atoms with van der Waals surface area (Å²) >= 11 is 0. The minimum absolute atomic E-state index is 0.00294. The van der Waals surface area contributed by atoms with Crippen LogP contribution in [0.1, 0.15) is 11.1 Å². The van der Waals surface area contributed by atoms with E-state index in [-0.39, 0.29) is 12.5 Å². The zero-order valence-corrected chi connectivity index (χ0v) is 16.5. The van der Waals surface area contributed by atoms with E-state index in [0.29, 0.717) is 24.6 Å². The Bertz CT molecular complexity index is 1130. The first-order chi connectivity index (χ1) is 14.7. The van der Waals surface area contributed by atoms with Crippen LogP contribution in [0.4, 0.5) is 5.82 Å². The minimum atomic E-state index is -0.385. The number of para-hydroxylation sites is 1. The molecule has 0 aliphatic carbocycles. The van der Waals surface area contributed by atoms with Gasteiger partial charge >= 0.3 is 5.97 Å². The van der Waals surface area contributed by atoms with Crippen LogP contribution in [0.15, 0.2) is 67.1 Å². The third-order valence-corrected chi connectivity index (χ3v) is 4.57. The van der Waals surface area contributed by atoms with Gasteiger partial charge in [-0.05, 0) is 23.3 Å². The maximum absolute atomic E-state index is 11.5. The van der Waals surface area contributed by atoms with Gasteiger partial charge in [-0.2, -0.15) is 5.10 Å². The van der Waals surface area contributed by atoms with Crippen molar-refractivity contribution in [3.05, 3.63) is 78.2 Å². The van der Waals surface area contributed by atoms with Gasteiger partial charge in [0.2, 0.25) is 0 Å². The number of carbonyl (C=O) groups excluding carboxylic acids is 1. The largest absolute Gasteiger partial charge is 0.489 e. The Hall–Kier alpha value is -3.94. The molecule has 8 nitrogen and oxygen atoms in total. The van der Waals surface area contributed by atoms with E-state index in [1.807, 2.05) is 42.5 Å². The molecule has 30 heavy (non-hydrogen) atoms. The van der Waals surface area contributed by atoms with Crippen LogP contribution in [-0.2, 0) is 29.2 Å². The molecule has 0 aliphatic heterocycles. The summed E-state index contributed by atoms with van der Waals surface area (Å²) in [6, 6.07) is 17.9. The lowest BCUT2D eigenvalue weighted by atomic mass is 10.1. The van der Waals surface area contributed by atoms with Gasteiger partial charge in [0.05, 0.1) is 18.7 Å². The molecule has 2 heterocycles. The second-order valence-electron chi connectivity index (χ2n) is 6.61. The smallest absolute Gasteiger partial charge is 0.327 e. The van der Waals surface area contributed by atoms with Gasteiger partial charge in [0.15, 0.2) is 5.65 Å². The molecule has 0 saturated carbocycles. The molecule has 4 aromatic rings. The van der Waals surface area contributed by atoms with Crippen LogP contribution in [0.2, 0.25) is 0 Å². The van der Waals surface area contributed by atoms with Crippen LogP contribution >= 0.6 is 0 Å². The Morgan fingerprint density at radius 1 is 1.03 bits per heavy atom. The number of fused-ring (bicyclic) bond motifs is 1. The van der Waals surface area contributed by atoms with E-state index >= 15 is 0 Å². The van der Waals surface area contributed by atoms with E-state index in [9.17, 15) is 4.79 Å². The number of esters is 1. The third kappa shape index (κ3) is 4.54. The van der Waals surface area contributed by atoms with Crippen molar-refractivity contribution in [1.82, 2.24) is 19.7 Å². The summed E-state index contributed by atoms with van der Waals surface area (Å²) in [5.74, 6) is 1.13. The molecule has 0 atom stereocenters. The average molecular weight is 403 g/mol. The highest BCUT2D eigenvalue weighted by Gasteiger charge is 2.12. The topological polar surface area (TPSA) is 91.2 Å². The number of rotatable bonds is 8. The second kappa shape index (κ2) is 9.04. The number of ether oxygens (including phenoxy) is 2. The predicted octanol–water partition coefficient (Wildman–Crippen LogP) is 3.19. The van der Waals surface area contributed by atoms with E-state index in [2.05, 4.69) is 32.5 Å². The first kappa shape index (κ1) is 19.4. The Balaban J connectivity index is 1.38. The quantitative estimate of drug-likeness (QED) is 0.452. The first-order valence-corrected chi connectivity index (χ1v) is 9.46. The van der Waals surface area contributed by atoms with Crippen LogP contribution in [0.25, 0.3) is 11.0 Å². The summed E-state index contributed by atoms with van der Waals surface area (Å²) in [5.41, 5.74) is 2.77. The summed E-state index contributed by atoms with van der Waals surface area (Å²) < 4.78 is 12.0. The number of benzene rings is 2. The maximum Gasteiger partial charge on any atom is 0.327 e. The molecule has 0 bridgehead atoms. The molecule has 2 aromatic heterocycles. The van der Waals surface area contributed by atoms with E-state index in [1.54, 1.807) is 6.20 Å². The lowest BCUT2D eigenvalue weighted by molar-refractivity contribution is -0.141. The maximum atomic E-state index is 11.5. The van der Waals surface area contributed by atoms with Crippen molar-refractivity contribution < 1.29 is 14.3 Å². The zero-order chi connectivity index (χ0) is 20.8. The fraction of sp³-hybridized carbons (Fsp3) is 0.182. The van der Waals surface area contributed by atoms with Crippen LogP contribution < -0.4 is 10.1 Å². The monoisotopic (exact) mass is 403 g/mol. The number of aromatic nitrogens is 4. The van der Waals surface area contributed by atoms with Crippen molar-refractivity contribution in [2.75, 3.05) is 12.4 Å². The SMILES string of the molecule is COC(=O)Cn1ncc2c(NCc3ccc(COc4ccccc4)cc3)ncnc21. The number of nitrogens with zero attached hydrogens (tertiary/aromatic N) is 4. The van der Waals surface area contributed by atoms with Gasteiger partial charge in [-0.15, -0.1) is 0 Å². The number of hydrogen-bond acceptors (Lipinski definition) is 7. The summed E-state index contributed by atoms with van der Waals surface area (Å²) in [4.78, 5) is 20.1. The lowest BCUT2D eigenvalue weighted by Crippen LogP contribution is -2.13. The molecule has 0 unspecified atom stereocenters. The van der Waals surface area contributed by atoms with E-state index in [0.717, 1.165) is 22.3 Å². The van der Waals surface area contributed by atoms with Gasteiger partial charge < -0.3 is 14.8 Å². The Morgan fingerprint density at radius 3 is 2.57 bits per heavy atom. The van der Waals surface area contributed by atoms with Crippen LogP contribution in [-0.4, -0.2) is 32.8 Å². The van der Waals surface area contributed by atoms with E-state index in [4.69, 9.17) is 9.47 Å². The summed E-state index contributed by atoms with van der Waals surface area (Å²) in [6.45, 7) is 1.11. The summed E-state index contributed by atoms with van der Waals surface area (Å²) in [5, 5.41) is 8.27. The molecule has 2 aromatic carbocycles. The van der Waals surface area contributed by atoms with Crippen LogP contribution in [0, 0.1) is 0 Å². The standard InChI is InChI=1S/C22H21N5O3/c1-29-20(28)13-27-22-19(12-26-27)21(24-15-25-22)23-11-16-7-9-17(10-8-16)14-30-18-5-3-2-4-6-18/h2-10,12,15H,11,13-14H2,1H3,(H,23,24,25). The summed E-state index contributed by atoms with van der Waals surface area (Å²) in [6.07, 6.45) is 3.09. The Kier molecular flexibility index (Phi) is 5.84. The molecule has 0 radical (unpaired) electrons.